The molecule has 5 nitrogen and oxygen atoms in total. The molecule has 0 amide bonds. The summed E-state index contributed by atoms with van der Waals surface area (Å²) in [4.78, 5) is 15.3. The van der Waals surface area contributed by atoms with Gasteiger partial charge in [0.2, 0.25) is 5.90 Å². The largest absolute Gasteiger partial charge is 0.508 e. The summed E-state index contributed by atoms with van der Waals surface area (Å²) in [7, 11) is 0. The molecule has 0 unspecified atom stereocenters. The maximum atomic E-state index is 10.8. The number of aliphatic imine (C=N–C) groups is 1. The quantitative estimate of drug-likeness (QED) is 0.878. The maximum absolute atomic E-state index is 10.8. The van der Waals surface area contributed by atoms with Crippen LogP contribution in [0, 0.1) is 0 Å². The Balaban J connectivity index is 1.93. The van der Waals surface area contributed by atoms with E-state index in [0.29, 0.717) is 5.90 Å². The van der Waals surface area contributed by atoms with Crippen LogP contribution in [0.3, 0.4) is 0 Å². The Morgan fingerprint density at radius 2 is 1.67 bits per heavy atom. The van der Waals surface area contributed by atoms with Gasteiger partial charge in [0.05, 0.1) is 0 Å². The second-order valence-electron chi connectivity index (χ2n) is 4.53. The summed E-state index contributed by atoms with van der Waals surface area (Å²) in [5.74, 6) is 0.385. The number of carbonyl (C=O) groups is 1. The van der Waals surface area contributed by atoms with Gasteiger partial charge in [-0.05, 0) is 17.7 Å². The molecule has 2 aromatic carbocycles. The molecule has 2 aromatic rings. The third kappa shape index (κ3) is 2.86. The van der Waals surface area contributed by atoms with Crippen molar-refractivity contribution in [3.8, 4) is 0 Å². The third-order valence-electron chi connectivity index (χ3n) is 3.12. The van der Waals surface area contributed by atoms with Crippen LogP contribution in [-0.2, 0) is 9.47 Å². The summed E-state index contributed by atoms with van der Waals surface area (Å²) < 4.78 is 10.4. The van der Waals surface area contributed by atoms with Crippen molar-refractivity contribution < 1.29 is 19.4 Å². The lowest BCUT2D eigenvalue weighted by Gasteiger charge is -2.16. The van der Waals surface area contributed by atoms with Crippen molar-refractivity contribution in [3.63, 3.8) is 0 Å². The summed E-state index contributed by atoms with van der Waals surface area (Å²) in [6.45, 7) is 0. The van der Waals surface area contributed by atoms with E-state index in [2.05, 4.69) is 4.99 Å². The number of hydrogen-bond acceptors (Lipinski definition) is 4. The Kier molecular flexibility index (Phi) is 3.55. The van der Waals surface area contributed by atoms with Crippen LogP contribution in [0.1, 0.15) is 17.2 Å². The molecule has 1 aliphatic rings. The number of benzene rings is 2. The van der Waals surface area contributed by atoms with Gasteiger partial charge < -0.3 is 14.6 Å². The summed E-state index contributed by atoms with van der Waals surface area (Å²) in [5, 5.41) is 8.84. The molecule has 0 saturated heterocycles. The molecule has 0 saturated carbocycles. The zero-order chi connectivity index (χ0) is 14.7. The molecule has 5 heteroatoms. The highest BCUT2D eigenvalue weighted by atomic mass is 16.8. The zero-order valence-electron chi connectivity index (χ0n) is 11.0. The first-order chi connectivity index (χ1) is 10.2. The number of rotatable bonds is 3. The van der Waals surface area contributed by atoms with Gasteiger partial charge in [0.25, 0.3) is 6.29 Å². The van der Waals surface area contributed by atoms with Crippen molar-refractivity contribution in [2.75, 3.05) is 0 Å². The van der Waals surface area contributed by atoms with Crippen LogP contribution in [0.15, 0.2) is 65.7 Å². The monoisotopic (exact) mass is 283 g/mol. The third-order valence-corrected chi connectivity index (χ3v) is 3.12. The SMILES string of the molecule is O=C(O)O[C@@H]1OC(c2ccccc2)=N[C@H]1c1ccccc1. The zero-order valence-corrected chi connectivity index (χ0v) is 11.0. The van der Waals surface area contributed by atoms with E-state index in [9.17, 15) is 4.79 Å². The van der Waals surface area contributed by atoms with Gasteiger partial charge in [-0.25, -0.2) is 9.79 Å². The van der Waals surface area contributed by atoms with Crippen molar-refractivity contribution >= 4 is 12.1 Å². The van der Waals surface area contributed by atoms with Gasteiger partial charge in [0.15, 0.2) is 6.04 Å². The Morgan fingerprint density at radius 1 is 1.05 bits per heavy atom. The first-order valence-corrected chi connectivity index (χ1v) is 6.48. The number of hydrogen-bond donors (Lipinski definition) is 1. The number of ether oxygens (including phenoxy) is 2. The molecule has 0 aliphatic carbocycles. The first kappa shape index (κ1) is 13.2. The normalized spacial score (nSPS) is 20.5. The van der Waals surface area contributed by atoms with E-state index >= 15 is 0 Å². The molecule has 1 heterocycles. The molecular formula is C16H13NO4. The van der Waals surface area contributed by atoms with Gasteiger partial charge in [-0.3, -0.25) is 0 Å². The molecular weight excluding hydrogens is 270 g/mol. The highest BCUT2D eigenvalue weighted by Gasteiger charge is 2.35. The summed E-state index contributed by atoms with van der Waals surface area (Å²) in [6.07, 6.45) is -2.36. The van der Waals surface area contributed by atoms with E-state index < -0.39 is 18.5 Å². The fourth-order valence-corrected chi connectivity index (χ4v) is 2.19. The minimum absolute atomic E-state index is 0.385. The minimum atomic E-state index is -1.38. The molecule has 0 spiro atoms. The lowest BCUT2D eigenvalue weighted by Crippen LogP contribution is -2.23. The molecule has 3 rings (SSSR count). The number of nitrogens with zero attached hydrogens (tertiary/aromatic N) is 1. The molecule has 0 radical (unpaired) electrons. The van der Waals surface area contributed by atoms with Crippen molar-refractivity contribution in [1.29, 1.82) is 0 Å². The van der Waals surface area contributed by atoms with Gasteiger partial charge >= 0.3 is 6.16 Å². The summed E-state index contributed by atoms with van der Waals surface area (Å²) in [6, 6.07) is 18.2. The Labute approximate surface area is 121 Å². The van der Waals surface area contributed by atoms with E-state index in [1.54, 1.807) is 0 Å². The highest BCUT2D eigenvalue weighted by molar-refractivity contribution is 5.95. The highest BCUT2D eigenvalue weighted by Crippen LogP contribution is 2.31. The Hall–Kier alpha value is -2.82. The molecule has 106 valence electrons. The van der Waals surface area contributed by atoms with Gasteiger partial charge in [-0.15, -0.1) is 0 Å². The maximum Gasteiger partial charge on any atom is 0.508 e. The van der Waals surface area contributed by atoms with Crippen LogP contribution >= 0.6 is 0 Å². The minimum Gasteiger partial charge on any atom is -0.450 e. The second-order valence-corrected chi connectivity index (χ2v) is 4.53. The molecule has 1 aliphatic heterocycles. The lowest BCUT2D eigenvalue weighted by atomic mass is 10.1. The molecule has 0 fully saturated rings. The summed E-state index contributed by atoms with van der Waals surface area (Å²) >= 11 is 0. The Bertz CT molecular complexity index is 654. The van der Waals surface area contributed by atoms with Gasteiger partial charge in [-0.2, -0.15) is 0 Å². The fraction of sp³-hybridized carbons (Fsp3) is 0.125. The molecule has 0 bridgehead atoms. The first-order valence-electron chi connectivity index (χ1n) is 6.48. The predicted octanol–water partition coefficient (Wildman–Crippen LogP) is 3.23. The van der Waals surface area contributed by atoms with Crippen LogP contribution in [0.4, 0.5) is 4.79 Å². The summed E-state index contributed by atoms with van der Waals surface area (Å²) in [5.41, 5.74) is 1.63. The standard InChI is InChI=1S/C16H13NO4/c18-16(19)21-15-13(11-7-3-1-4-8-11)17-14(20-15)12-9-5-2-6-10-12/h1-10,13,15H,(H,18,19)/t13-,15-/m0/s1. The van der Waals surface area contributed by atoms with E-state index in [1.807, 2.05) is 60.7 Å². The van der Waals surface area contributed by atoms with Gasteiger partial charge in [0.1, 0.15) is 0 Å². The van der Waals surface area contributed by atoms with Crippen LogP contribution < -0.4 is 0 Å². The van der Waals surface area contributed by atoms with E-state index in [4.69, 9.17) is 14.6 Å². The molecule has 0 aromatic heterocycles. The second kappa shape index (κ2) is 5.66. The molecule has 1 N–H and O–H groups in total. The van der Waals surface area contributed by atoms with Crippen molar-refractivity contribution in [1.82, 2.24) is 0 Å². The van der Waals surface area contributed by atoms with E-state index in [-0.39, 0.29) is 0 Å². The van der Waals surface area contributed by atoms with E-state index in [0.717, 1.165) is 11.1 Å². The average Bonchev–Trinajstić information content (AvgIpc) is 2.92. The topological polar surface area (TPSA) is 68.1 Å². The smallest absolute Gasteiger partial charge is 0.450 e. The lowest BCUT2D eigenvalue weighted by molar-refractivity contribution is -0.0608. The van der Waals surface area contributed by atoms with Crippen LogP contribution in [0.25, 0.3) is 0 Å². The predicted molar refractivity (Wildman–Crippen MR) is 76.1 cm³/mol. The van der Waals surface area contributed by atoms with E-state index in [1.165, 1.54) is 0 Å². The van der Waals surface area contributed by atoms with Crippen LogP contribution in [-0.4, -0.2) is 23.4 Å². The fourth-order valence-electron chi connectivity index (χ4n) is 2.19. The van der Waals surface area contributed by atoms with Crippen molar-refractivity contribution in [3.05, 3.63) is 71.8 Å². The number of carboxylic acid groups (broad SMARTS) is 1. The van der Waals surface area contributed by atoms with Crippen LogP contribution in [0.2, 0.25) is 0 Å². The van der Waals surface area contributed by atoms with Crippen molar-refractivity contribution in [2.45, 2.75) is 12.3 Å². The van der Waals surface area contributed by atoms with Crippen molar-refractivity contribution in [2.24, 2.45) is 4.99 Å². The average molecular weight is 283 g/mol. The molecule has 2 atom stereocenters. The Morgan fingerprint density at radius 3 is 2.29 bits per heavy atom. The van der Waals surface area contributed by atoms with Gasteiger partial charge in [0, 0.05) is 5.56 Å². The van der Waals surface area contributed by atoms with Gasteiger partial charge in [-0.1, -0.05) is 48.5 Å². The van der Waals surface area contributed by atoms with Crippen LogP contribution in [0.5, 0.6) is 0 Å². The molecule has 21 heavy (non-hydrogen) atoms.